The molecule has 27 heavy (non-hydrogen) atoms. The number of carbonyl (C=O) groups is 2. The van der Waals surface area contributed by atoms with Gasteiger partial charge in [-0.25, -0.2) is 0 Å². The van der Waals surface area contributed by atoms with Gasteiger partial charge in [0.25, 0.3) is 0 Å². The summed E-state index contributed by atoms with van der Waals surface area (Å²) in [6, 6.07) is 2.32. The maximum absolute atomic E-state index is 12.7. The van der Waals surface area contributed by atoms with E-state index in [4.69, 9.17) is 0 Å². The van der Waals surface area contributed by atoms with E-state index >= 15 is 0 Å². The number of anilines is 1. The van der Waals surface area contributed by atoms with Gasteiger partial charge in [-0.3, -0.25) is 9.59 Å². The number of nitrogens with zero attached hydrogens (tertiary/aromatic N) is 2. The first-order valence-electron chi connectivity index (χ1n) is 9.71. The summed E-state index contributed by atoms with van der Waals surface area (Å²) in [7, 11) is 0. The third-order valence-electron chi connectivity index (χ3n) is 5.95. The summed E-state index contributed by atoms with van der Waals surface area (Å²) >= 11 is 1.58. The zero-order valence-corrected chi connectivity index (χ0v) is 16.9. The number of rotatable bonds is 4. The lowest BCUT2D eigenvalue weighted by Crippen LogP contribution is -2.40. The van der Waals surface area contributed by atoms with Crippen LogP contribution in [-0.2, 0) is 22.4 Å². The van der Waals surface area contributed by atoms with Gasteiger partial charge in [-0.05, 0) is 55.6 Å². The minimum Gasteiger partial charge on any atom is -0.339 e. The molecule has 1 saturated heterocycles. The molecule has 0 bridgehead atoms. The number of amides is 2. The van der Waals surface area contributed by atoms with E-state index in [0.29, 0.717) is 48.3 Å². The molecular weight excluding hydrogens is 358 g/mol. The fourth-order valence-electron chi connectivity index (χ4n) is 4.09. The standard InChI is InChI=1S/C21H27N3O2S/c1-4-19(25)24-9-7-14(8-10-24)20(26)23-21-17(12-22)16-6-5-15(13(2)3)11-18(16)27-21/h4,13-15H,1,5-11H2,2-3H3,(H,23,26). The molecule has 0 spiro atoms. The number of piperidine rings is 1. The molecule has 5 nitrogen and oxygen atoms in total. The van der Waals surface area contributed by atoms with Crippen LogP contribution >= 0.6 is 11.3 Å². The minimum absolute atomic E-state index is 0.0313. The summed E-state index contributed by atoms with van der Waals surface area (Å²) < 4.78 is 0. The van der Waals surface area contributed by atoms with E-state index in [1.807, 2.05) is 0 Å². The molecule has 144 valence electrons. The molecule has 1 atom stereocenters. The summed E-state index contributed by atoms with van der Waals surface area (Å²) in [5.74, 6) is 1.06. The minimum atomic E-state index is -0.118. The van der Waals surface area contributed by atoms with Crippen LogP contribution < -0.4 is 5.32 Å². The van der Waals surface area contributed by atoms with Gasteiger partial charge in [0, 0.05) is 23.9 Å². The fourth-order valence-corrected chi connectivity index (χ4v) is 5.39. The van der Waals surface area contributed by atoms with Crippen LogP contribution in [0.1, 0.15) is 49.1 Å². The average molecular weight is 386 g/mol. The average Bonchev–Trinajstić information content (AvgIpc) is 3.03. The molecule has 6 heteroatoms. The second-order valence-electron chi connectivity index (χ2n) is 7.86. The molecule has 0 radical (unpaired) electrons. The smallest absolute Gasteiger partial charge is 0.245 e. The summed E-state index contributed by atoms with van der Waals surface area (Å²) in [5, 5.41) is 13.4. The highest BCUT2D eigenvalue weighted by Crippen LogP contribution is 2.41. The number of fused-ring (bicyclic) bond motifs is 1. The molecule has 1 N–H and O–H groups in total. The Bertz CT molecular complexity index is 782. The van der Waals surface area contributed by atoms with Gasteiger partial charge in [-0.1, -0.05) is 20.4 Å². The first kappa shape index (κ1) is 19.6. The third kappa shape index (κ3) is 4.08. The molecule has 1 aliphatic heterocycles. The van der Waals surface area contributed by atoms with Gasteiger partial charge in [0.15, 0.2) is 0 Å². The second kappa shape index (κ2) is 8.26. The van der Waals surface area contributed by atoms with E-state index in [2.05, 4.69) is 31.8 Å². The monoisotopic (exact) mass is 385 g/mol. The number of nitriles is 1. The zero-order chi connectivity index (χ0) is 19.6. The van der Waals surface area contributed by atoms with Gasteiger partial charge < -0.3 is 10.2 Å². The summed E-state index contributed by atoms with van der Waals surface area (Å²) in [6.45, 7) is 9.16. The normalized spacial score (nSPS) is 20.1. The molecule has 1 aliphatic carbocycles. The lowest BCUT2D eigenvalue weighted by atomic mass is 9.81. The van der Waals surface area contributed by atoms with E-state index in [0.717, 1.165) is 24.8 Å². The van der Waals surface area contributed by atoms with Crippen molar-refractivity contribution in [3.63, 3.8) is 0 Å². The topological polar surface area (TPSA) is 73.2 Å². The van der Waals surface area contributed by atoms with Crippen LogP contribution in [-0.4, -0.2) is 29.8 Å². The Morgan fingerprint density at radius 1 is 1.33 bits per heavy atom. The number of nitrogens with one attached hydrogen (secondary N) is 1. The number of hydrogen-bond donors (Lipinski definition) is 1. The molecule has 3 rings (SSSR count). The number of thiophene rings is 1. The Morgan fingerprint density at radius 3 is 2.63 bits per heavy atom. The van der Waals surface area contributed by atoms with Gasteiger partial charge in [-0.15, -0.1) is 11.3 Å². The molecule has 0 saturated carbocycles. The van der Waals surface area contributed by atoms with Crippen LogP contribution in [0.25, 0.3) is 0 Å². The molecule has 1 aromatic rings. The van der Waals surface area contributed by atoms with Crippen molar-refractivity contribution in [2.45, 2.75) is 46.0 Å². The van der Waals surface area contributed by atoms with Crippen molar-refractivity contribution in [2.24, 2.45) is 17.8 Å². The van der Waals surface area contributed by atoms with Crippen molar-refractivity contribution in [2.75, 3.05) is 18.4 Å². The molecule has 1 fully saturated rings. The SMILES string of the molecule is C=CC(=O)N1CCC(C(=O)Nc2sc3c(c2C#N)CCC(C(C)C)C3)CC1. The maximum Gasteiger partial charge on any atom is 0.245 e. The zero-order valence-electron chi connectivity index (χ0n) is 16.1. The summed E-state index contributed by atoms with van der Waals surface area (Å²) in [6.07, 6.45) is 5.65. The van der Waals surface area contributed by atoms with E-state index in [1.165, 1.54) is 11.0 Å². The largest absolute Gasteiger partial charge is 0.339 e. The molecule has 1 aromatic heterocycles. The van der Waals surface area contributed by atoms with Crippen LogP contribution in [0.2, 0.25) is 0 Å². The molecule has 2 amide bonds. The first-order chi connectivity index (χ1) is 12.9. The predicted octanol–water partition coefficient (Wildman–Crippen LogP) is 3.74. The molecule has 0 aromatic carbocycles. The second-order valence-corrected chi connectivity index (χ2v) is 8.96. The van der Waals surface area contributed by atoms with Crippen LogP contribution in [0.4, 0.5) is 5.00 Å². The van der Waals surface area contributed by atoms with Crippen molar-refractivity contribution in [3.05, 3.63) is 28.7 Å². The van der Waals surface area contributed by atoms with Gasteiger partial charge in [0.2, 0.25) is 11.8 Å². The third-order valence-corrected chi connectivity index (χ3v) is 7.12. The van der Waals surface area contributed by atoms with E-state index < -0.39 is 0 Å². The summed E-state index contributed by atoms with van der Waals surface area (Å²) in [4.78, 5) is 27.4. The van der Waals surface area contributed by atoms with Gasteiger partial charge >= 0.3 is 0 Å². The Labute approximate surface area is 165 Å². The Morgan fingerprint density at radius 2 is 2.04 bits per heavy atom. The lowest BCUT2D eigenvalue weighted by Gasteiger charge is -2.30. The van der Waals surface area contributed by atoms with E-state index in [9.17, 15) is 14.9 Å². The Balaban J connectivity index is 1.68. The molecule has 2 heterocycles. The van der Waals surface area contributed by atoms with Gasteiger partial charge in [-0.2, -0.15) is 5.26 Å². The number of hydrogen-bond acceptors (Lipinski definition) is 4. The predicted molar refractivity (Wildman–Crippen MR) is 108 cm³/mol. The van der Waals surface area contributed by atoms with Crippen molar-refractivity contribution < 1.29 is 9.59 Å². The van der Waals surface area contributed by atoms with Crippen molar-refractivity contribution >= 4 is 28.2 Å². The summed E-state index contributed by atoms with van der Waals surface area (Å²) in [5.41, 5.74) is 1.80. The molecular formula is C21H27N3O2S. The highest BCUT2D eigenvalue weighted by Gasteiger charge is 2.30. The van der Waals surface area contributed by atoms with Crippen LogP contribution in [0.3, 0.4) is 0 Å². The van der Waals surface area contributed by atoms with E-state index in [-0.39, 0.29) is 17.7 Å². The van der Waals surface area contributed by atoms with Gasteiger partial charge in [0.05, 0.1) is 5.56 Å². The van der Waals surface area contributed by atoms with Gasteiger partial charge in [0.1, 0.15) is 11.1 Å². The Kier molecular flexibility index (Phi) is 6.01. The lowest BCUT2D eigenvalue weighted by molar-refractivity contribution is -0.130. The van der Waals surface area contributed by atoms with Crippen molar-refractivity contribution in [1.82, 2.24) is 4.90 Å². The van der Waals surface area contributed by atoms with Crippen LogP contribution in [0.5, 0.6) is 0 Å². The van der Waals surface area contributed by atoms with Crippen LogP contribution in [0, 0.1) is 29.1 Å². The van der Waals surface area contributed by atoms with Crippen LogP contribution in [0.15, 0.2) is 12.7 Å². The number of likely N-dealkylation sites (tertiary alicyclic amines) is 1. The molecule has 1 unspecified atom stereocenters. The highest BCUT2D eigenvalue weighted by atomic mass is 32.1. The highest BCUT2D eigenvalue weighted by molar-refractivity contribution is 7.16. The van der Waals surface area contributed by atoms with Crippen molar-refractivity contribution in [3.8, 4) is 6.07 Å². The maximum atomic E-state index is 12.7. The quantitative estimate of drug-likeness (QED) is 0.803. The molecule has 2 aliphatic rings. The first-order valence-corrected chi connectivity index (χ1v) is 10.5. The van der Waals surface area contributed by atoms with E-state index in [1.54, 1.807) is 16.2 Å². The van der Waals surface area contributed by atoms with Crippen molar-refractivity contribution in [1.29, 1.82) is 5.26 Å². The number of carbonyl (C=O) groups excluding carboxylic acids is 2. The Hall–Kier alpha value is -2.13. The fraction of sp³-hybridized carbons (Fsp3) is 0.571.